The van der Waals surface area contributed by atoms with Crippen LogP contribution in [0.4, 0.5) is 5.69 Å². The number of hydrogen-bond donors (Lipinski definition) is 1. The van der Waals surface area contributed by atoms with Gasteiger partial charge >= 0.3 is 11.9 Å². The second kappa shape index (κ2) is 9.41. The summed E-state index contributed by atoms with van der Waals surface area (Å²) in [4.78, 5) is 27.6. The van der Waals surface area contributed by atoms with Crippen molar-refractivity contribution in [3.05, 3.63) is 99.4 Å². The number of anilines is 1. The number of nitrogens with zero attached hydrogens (tertiary/aromatic N) is 2. The summed E-state index contributed by atoms with van der Waals surface area (Å²) in [5.74, 6) is -2.41. The number of methoxy groups -OCH3 is 2. The molecule has 0 aliphatic carbocycles. The molecule has 0 bridgehead atoms. The SMILES string of the molecule is COC(=O)C1=C(C(=O)OC)N(c2ccc3cc(Br)ccc3c2)C(N)=C(C#N)C1c1ccccc1. The molecular weight excluding hydrogens is 498 g/mol. The first-order valence-corrected chi connectivity index (χ1v) is 11.1. The van der Waals surface area contributed by atoms with Gasteiger partial charge in [0.2, 0.25) is 0 Å². The Kier molecular flexibility index (Phi) is 6.39. The van der Waals surface area contributed by atoms with Gasteiger partial charge in [-0.25, -0.2) is 9.59 Å². The monoisotopic (exact) mass is 517 g/mol. The lowest BCUT2D eigenvalue weighted by Crippen LogP contribution is -2.40. The molecule has 4 rings (SSSR count). The maximum Gasteiger partial charge on any atom is 0.355 e. The van der Waals surface area contributed by atoms with Crippen LogP contribution in [-0.4, -0.2) is 26.2 Å². The number of nitrogens with two attached hydrogens (primary N) is 1. The van der Waals surface area contributed by atoms with Crippen LogP contribution < -0.4 is 10.6 Å². The minimum Gasteiger partial charge on any atom is -0.466 e. The van der Waals surface area contributed by atoms with Crippen LogP contribution >= 0.6 is 15.9 Å². The molecule has 0 saturated heterocycles. The van der Waals surface area contributed by atoms with Gasteiger partial charge in [0, 0.05) is 10.2 Å². The maximum absolute atomic E-state index is 13.1. The van der Waals surface area contributed by atoms with Crippen molar-refractivity contribution in [2.24, 2.45) is 5.73 Å². The van der Waals surface area contributed by atoms with Crippen molar-refractivity contribution < 1.29 is 19.1 Å². The maximum atomic E-state index is 13.1. The number of halogens is 1. The summed E-state index contributed by atoms with van der Waals surface area (Å²) in [6, 6.07) is 22.2. The van der Waals surface area contributed by atoms with Crippen LogP contribution in [-0.2, 0) is 19.1 Å². The molecule has 1 aliphatic rings. The Labute approximate surface area is 204 Å². The summed E-state index contributed by atoms with van der Waals surface area (Å²) in [5.41, 5.74) is 7.64. The highest BCUT2D eigenvalue weighted by atomic mass is 79.9. The van der Waals surface area contributed by atoms with E-state index in [2.05, 4.69) is 22.0 Å². The molecule has 0 amide bonds. The first-order valence-electron chi connectivity index (χ1n) is 10.3. The third kappa shape index (κ3) is 3.91. The second-order valence-corrected chi connectivity index (χ2v) is 8.43. The fourth-order valence-corrected chi connectivity index (χ4v) is 4.50. The van der Waals surface area contributed by atoms with Crippen molar-refractivity contribution >= 4 is 44.3 Å². The Hall–Kier alpha value is -4.09. The highest BCUT2D eigenvalue weighted by Crippen LogP contribution is 2.43. The molecule has 0 saturated carbocycles. The number of carbonyl (C=O) groups is 2. The van der Waals surface area contributed by atoms with Crippen LogP contribution in [0.25, 0.3) is 10.8 Å². The average molecular weight is 518 g/mol. The summed E-state index contributed by atoms with van der Waals surface area (Å²) < 4.78 is 11.0. The standard InChI is InChI=1S/C26H20BrN3O4/c1-33-25(31)22-21(15-6-4-3-5-7-15)20(14-28)24(29)30(23(22)26(32)34-2)19-11-9-16-12-18(27)10-8-17(16)13-19/h3-13,21H,29H2,1-2H3. The number of nitriles is 1. The third-order valence-corrected chi connectivity index (χ3v) is 6.15. The van der Waals surface area contributed by atoms with Gasteiger partial charge in [-0.05, 0) is 40.6 Å². The van der Waals surface area contributed by atoms with E-state index < -0.39 is 17.9 Å². The van der Waals surface area contributed by atoms with Crippen molar-refractivity contribution in [2.45, 2.75) is 5.92 Å². The Bertz CT molecular complexity index is 1410. The molecule has 0 radical (unpaired) electrons. The van der Waals surface area contributed by atoms with Gasteiger partial charge in [0.25, 0.3) is 0 Å². The fraction of sp³-hybridized carbons (Fsp3) is 0.115. The van der Waals surface area contributed by atoms with E-state index in [1.807, 2.05) is 36.4 Å². The summed E-state index contributed by atoms with van der Waals surface area (Å²) in [5, 5.41) is 11.9. The van der Waals surface area contributed by atoms with Gasteiger partial charge in [-0.2, -0.15) is 5.26 Å². The highest BCUT2D eigenvalue weighted by Gasteiger charge is 2.42. The van der Waals surface area contributed by atoms with Crippen LogP contribution in [0.2, 0.25) is 0 Å². The Balaban J connectivity index is 2.05. The summed E-state index contributed by atoms with van der Waals surface area (Å²) in [6.45, 7) is 0. The molecule has 1 atom stereocenters. The zero-order valence-corrected chi connectivity index (χ0v) is 20.0. The van der Waals surface area contributed by atoms with E-state index in [0.29, 0.717) is 11.3 Å². The smallest absolute Gasteiger partial charge is 0.355 e. The molecule has 1 heterocycles. The Morgan fingerprint density at radius 1 is 0.971 bits per heavy atom. The number of fused-ring (bicyclic) bond motifs is 1. The minimum atomic E-state index is -0.902. The number of allylic oxidation sites excluding steroid dienone is 1. The molecule has 2 N–H and O–H groups in total. The molecule has 1 unspecified atom stereocenters. The lowest BCUT2D eigenvalue weighted by Gasteiger charge is -2.36. The van der Waals surface area contributed by atoms with E-state index in [4.69, 9.17) is 15.2 Å². The molecule has 34 heavy (non-hydrogen) atoms. The zero-order valence-electron chi connectivity index (χ0n) is 18.4. The Morgan fingerprint density at radius 2 is 1.62 bits per heavy atom. The highest BCUT2D eigenvalue weighted by molar-refractivity contribution is 9.10. The summed E-state index contributed by atoms with van der Waals surface area (Å²) in [6.07, 6.45) is 0. The van der Waals surface area contributed by atoms with Gasteiger partial charge in [0.1, 0.15) is 11.5 Å². The molecule has 0 spiro atoms. The number of rotatable bonds is 4. The van der Waals surface area contributed by atoms with Crippen LogP contribution in [0.5, 0.6) is 0 Å². The predicted molar refractivity (Wildman–Crippen MR) is 131 cm³/mol. The summed E-state index contributed by atoms with van der Waals surface area (Å²) >= 11 is 3.46. The number of esters is 2. The van der Waals surface area contributed by atoms with Crippen LogP contribution in [0.1, 0.15) is 11.5 Å². The van der Waals surface area contributed by atoms with Gasteiger partial charge in [-0.15, -0.1) is 0 Å². The van der Waals surface area contributed by atoms with Crippen molar-refractivity contribution in [1.82, 2.24) is 0 Å². The number of ether oxygens (including phenoxy) is 2. The molecule has 8 heteroatoms. The first kappa shape index (κ1) is 23.1. The van der Waals surface area contributed by atoms with Crippen molar-refractivity contribution in [3.8, 4) is 6.07 Å². The van der Waals surface area contributed by atoms with Gasteiger partial charge in [0.15, 0.2) is 0 Å². The number of hydrogen-bond acceptors (Lipinski definition) is 7. The van der Waals surface area contributed by atoms with E-state index in [1.165, 1.54) is 19.1 Å². The molecule has 3 aromatic rings. The molecule has 170 valence electrons. The molecule has 3 aromatic carbocycles. The fourth-order valence-electron chi connectivity index (χ4n) is 4.12. The van der Waals surface area contributed by atoms with E-state index in [9.17, 15) is 14.9 Å². The second-order valence-electron chi connectivity index (χ2n) is 7.51. The minimum absolute atomic E-state index is 0.0257. The lowest BCUT2D eigenvalue weighted by atomic mass is 9.81. The molecular formula is C26H20BrN3O4. The van der Waals surface area contributed by atoms with Gasteiger partial charge in [-0.1, -0.05) is 58.4 Å². The Morgan fingerprint density at radius 3 is 2.26 bits per heavy atom. The summed E-state index contributed by atoms with van der Waals surface area (Å²) in [7, 11) is 2.44. The van der Waals surface area contributed by atoms with E-state index in [0.717, 1.165) is 15.2 Å². The van der Waals surface area contributed by atoms with Crippen molar-refractivity contribution in [3.63, 3.8) is 0 Å². The number of benzene rings is 3. The quantitative estimate of drug-likeness (QED) is 0.507. The van der Waals surface area contributed by atoms with Gasteiger partial charge in [-0.3, -0.25) is 4.90 Å². The van der Waals surface area contributed by atoms with Crippen molar-refractivity contribution in [2.75, 3.05) is 19.1 Å². The van der Waals surface area contributed by atoms with Crippen LogP contribution in [0.3, 0.4) is 0 Å². The van der Waals surface area contributed by atoms with Crippen LogP contribution in [0.15, 0.2) is 93.9 Å². The molecule has 7 nitrogen and oxygen atoms in total. The number of carbonyl (C=O) groups excluding carboxylic acids is 2. The molecule has 0 aromatic heterocycles. The third-order valence-electron chi connectivity index (χ3n) is 5.65. The largest absolute Gasteiger partial charge is 0.466 e. The van der Waals surface area contributed by atoms with E-state index in [1.54, 1.807) is 30.3 Å². The molecule has 0 fully saturated rings. The zero-order chi connectivity index (χ0) is 24.4. The first-order chi connectivity index (χ1) is 16.4. The van der Waals surface area contributed by atoms with E-state index in [-0.39, 0.29) is 22.7 Å². The predicted octanol–water partition coefficient (Wildman–Crippen LogP) is 4.50. The molecule has 1 aliphatic heterocycles. The van der Waals surface area contributed by atoms with E-state index >= 15 is 0 Å². The van der Waals surface area contributed by atoms with Gasteiger partial charge in [0.05, 0.1) is 37.4 Å². The van der Waals surface area contributed by atoms with Crippen molar-refractivity contribution in [1.29, 1.82) is 5.26 Å². The van der Waals surface area contributed by atoms with Gasteiger partial charge < -0.3 is 15.2 Å². The lowest BCUT2D eigenvalue weighted by molar-refractivity contribution is -0.139. The average Bonchev–Trinajstić information content (AvgIpc) is 2.87. The topological polar surface area (TPSA) is 106 Å². The van der Waals surface area contributed by atoms with Crippen LogP contribution in [0, 0.1) is 11.3 Å². The normalized spacial score (nSPS) is 15.8.